The normalized spacial score (nSPS) is 10.6. The molecule has 0 saturated carbocycles. The van der Waals surface area contributed by atoms with Crippen molar-refractivity contribution in [2.45, 2.75) is 13.8 Å². The molecular formula is C16H14N2O2S. The number of thiophene rings is 1. The summed E-state index contributed by atoms with van der Waals surface area (Å²) in [5.74, 6) is 0.145. The lowest BCUT2D eigenvalue weighted by molar-refractivity contribution is 0.102. The van der Waals surface area contributed by atoms with E-state index in [1.165, 1.54) is 4.88 Å². The van der Waals surface area contributed by atoms with Gasteiger partial charge >= 0.3 is 0 Å². The van der Waals surface area contributed by atoms with Crippen LogP contribution >= 0.6 is 11.3 Å². The fourth-order valence-electron chi connectivity index (χ4n) is 1.99. The van der Waals surface area contributed by atoms with E-state index in [1.54, 1.807) is 23.5 Å². The number of hydrogen-bond donors (Lipinski definition) is 1. The molecule has 0 bridgehead atoms. The van der Waals surface area contributed by atoms with Crippen molar-refractivity contribution >= 4 is 23.1 Å². The van der Waals surface area contributed by atoms with Crippen molar-refractivity contribution < 1.29 is 9.32 Å². The minimum atomic E-state index is -0.205. The summed E-state index contributed by atoms with van der Waals surface area (Å²) < 4.78 is 5.18. The zero-order chi connectivity index (χ0) is 14.8. The zero-order valence-corrected chi connectivity index (χ0v) is 12.5. The van der Waals surface area contributed by atoms with Gasteiger partial charge in [-0.1, -0.05) is 22.9 Å². The minimum absolute atomic E-state index is 0.205. The molecule has 0 aliphatic carbocycles. The lowest BCUT2D eigenvalue weighted by Crippen LogP contribution is -2.11. The SMILES string of the molecule is Cc1cccc(C(=O)Nc2cc(-c3ccc(C)s3)no2)c1. The minimum Gasteiger partial charge on any atom is -0.338 e. The first-order valence-corrected chi connectivity index (χ1v) is 7.35. The van der Waals surface area contributed by atoms with Gasteiger partial charge in [0.2, 0.25) is 5.88 Å². The number of hydrogen-bond acceptors (Lipinski definition) is 4. The van der Waals surface area contributed by atoms with E-state index in [9.17, 15) is 4.79 Å². The van der Waals surface area contributed by atoms with Crippen molar-refractivity contribution in [2.75, 3.05) is 5.32 Å². The third kappa shape index (κ3) is 3.03. The molecule has 1 N–H and O–H groups in total. The maximum Gasteiger partial charge on any atom is 0.258 e. The van der Waals surface area contributed by atoms with Gasteiger partial charge in [-0.05, 0) is 38.1 Å². The third-order valence-electron chi connectivity index (χ3n) is 3.02. The number of aromatic nitrogens is 1. The first-order chi connectivity index (χ1) is 10.1. The topological polar surface area (TPSA) is 55.1 Å². The van der Waals surface area contributed by atoms with E-state index in [2.05, 4.69) is 10.5 Å². The second kappa shape index (κ2) is 5.54. The van der Waals surface area contributed by atoms with Gasteiger partial charge in [-0.25, -0.2) is 0 Å². The number of carbonyl (C=O) groups is 1. The summed E-state index contributed by atoms with van der Waals surface area (Å²) in [5, 5.41) is 6.70. The molecule has 0 atom stereocenters. The predicted octanol–water partition coefficient (Wildman–Crippen LogP) is 4.27. The predicted molar refractivity (Wildman–Crippen MR) is 83.7 cm³/mol. The van der Waals surface area contributed by atoms with Crippen LogP contribution in [0.15, 0.2) is 47.0 Å². The summed E-state index contributed by atoms with van der Waals surface area (Å²) >= 11 is 1.64. The second-order valence-electron chi connectivity index (χ2n) is 4.81. The van der Waals surface area contributed by atoms with Crippen molar-refractivity contribution in [1.82, 2.24) is 5.16 Å². The van der Waals surface area contributed by atoms with E-state index >= 15 is 0 Å². The molecule has 3 aromatic rings. The van der Waals surface area contributed by atoms with Gasteiger partial charge in [0.15, 0.2) is 0 Å². The van der Waals surface area contributed by atoms with Crippen LogP contribution < -0.4 is 5.32 Å². The molecule has 21 heavy (non-hydrogen) atoms. The molecule has 0 aliphatic heterocycles. The van der Waals surface area contributed by atoms with Crippen LogP contribution in [-0.2, 0) is 0 Å². The molecule has 2 heterocycles. The van der Waals surface area contributed by atoms with Crippen molar-refractivity contribution in [3.8, 4) is 10.6 Å². The van der Waals surface area contributed by atoms with E-state index in [1.807, 2.05) is 44.2 Å². The number of aryl methyl sites for hydroxylation is 2. The van der Waals surface area contributed by atoms with Gasteiger partial charge in [0.25, 0.3) is 5.91 Å². The van der Waals surface area contributed by atoms with Crippen molar-refractivity contribution in [2.24, 2.45) is 0 Å². The van der Waals surface area contributed by atoms with E-state index in [0.29, 0.717) is 11.4 Å². The van der Waals surface area contributed by atoms with Crippen LogP contribution in [0.2, 0.25) is 0 Å². The number of anilines is 1. The average molecular weight is 298 g/mol. The van der Waals surface area contributed by atoms with Gasteiger partial charge in [-0.2, -0.15) is 0 Å². The molecule has 4 nitrogen and oxygen atoms in total. The molecule has 1 amide bonds. The molecule has 0 radical (unpaired) electrons. The van der Waals surface area contributed by atoms with E-state index < -0.39 is 0 Å². The van der Waals surface area contributed by atoms with Gasteiger partial charge in [-0.3, -0.25) is 10.1 Å². The van der Waals surface area contributed by atoms with Crippen LogP contribution in [0.3, 0.4) is 0 Å². The van der Waals surface area contributed by atoms with Crippen LogP contribution in [0.4, 0.5) is 5.88 Å². The highest BCUT2D eigenvalue weighted by atomic mass is 32.1. The first-order valence-electron chi connectivity index (χ1n) is 6.53. The summed E-state index contributed by atoms with van der Waals surface area (Å²) in [6.45, 7) is 3.98. The Morgan fingerprint density at radius 1 is 1.19 bits per heavy atom. The number of carbonyl (C=O) groups excluding carboxylic acids is 1. The van der Waals surface area contributed by atoms with Crippen LogP contribution in [0, 0.1) is 13.8 Å². The first kappa shape index (κ1) is 13.6. The molecule has 0 fully saturated rings. The fourth-order valence-corrected chi connectivity index (χ4v) is 2.81. The van der Waals surface area contributed by atoms with Gasteiger partial charge in [-0.15, -0.1) is 11.3 Å². The Bertz CT molecular complexity index is 789. The number of nitrogens with zero attached hydrogens (tertiary/aromatic N) is 1. The largest absolute Gasteiger partial charge is 0.338 e. The molecule has 2 aromatic heterocycles. The number of nitrogens with one attached hydrogen (secondary N) is 1. The Hall–Kier alpha value is -2.40. The van der Waals surface area contributed by atoms with Gasteiger partial charge in [0.05, 0.1) is 4.88 Å². The highest BCUT2D eigenvalue weighted by Crippen LogP contribution is 2.28. The van der Waals surface area contributed by atoms with Crippen LogP contribution in [0.25, 0.3) is 10.6 Å². The van der Waals surface area contributed by atoms with E-state index in [0.717, 1.165) is 16.1 Å². The maximum absolute atomic E-state index is 12.1. The second-order valence-corrected chi connectivity index (χ2v) is 6.10. The number of amides is 1. The molecule has 0 spiro atoms. The lowest BCUT2D eigenvalue weighted by Gasteiger charge is -2.01. The Morgan fingerprint density at radius 3 is 2.76 bits per heavy atom. The molecule has 106 valence electrons. The molecular weight excluding hydrogens is 284 g/mol. The summed E-state index contributed by atoms with van der Waals surface area (Å²) in [4.78, 5) is 14.3. The summed E-state index contributed by atoms with van der Waals surface area (Å²) in [5.41, 5.74) is 2.36. The highest BCUT2D eigenvalue weighted by molar-refractivity contribution is 7.15. The van der Waals surface area contributed by atoms with Crippen molar-refractivity contribution in [1.29, 1.82) is 0 Å². The Kier molecular flexibility index (Phi) is 3.58. The molecule has 0 unspecified atom stereocenters. The molecule has 5 heteroatoms. The fraction of sp³-hybridized carbons (Fsp3) is 0.125. The highest BCUT2D eigenvalue weighted by Gasteiger charge is 2.12. The number of benzene rings is 1. The molecule has 3 rings (SSSR count). The standard InChI is InChI=1S/C16H14N2O2S/c1-10-4-3-5-12(8-10)16(19)17-15-9-13(18-20-15)14-7-6-11(2)21-14/h3-9H,1-2H3,(H,17,19). The Labute approximate surface area is 126 Å². The van der Waals surface area contributed by atoms with E-state index in [-0.39, 0.29) is 5.91 Å². The summed E-state index contributed by atoms with van der Waals surface area (Å²) in [6.07, 6.45) is 0. The Morgan fingerprint density at radius 2 is 2.05 bits per heavy atom. The third-order valence-corrected chi connectivity index (χ3v) is 4.04. The van der Waals surface area contributed by atoms with Gasteiger partial charge < -0.3 is 4.52 Å². The molecule has 0 saturated heterocycles. The zero-order valence-electron chi connectivity index (χ0n) is 11.7. The molecule has 0 aliphatic rings. The van der Waals surface area contributed by atoms with Crippen LogP contribution in [-0.4, -0.2) is 11.1 Å². The van der Waals surface area contributed by atoms with Crippen LogP contribution in [0.1, 0.15) is 20.8 Å². The van der Waals surface area contributed by atoms with E-state index in [4.69, 9.17) is 4.52 Å². The smallest absolute Gasteiger partial charge is 0.258 e. The van der Waals surface area contributed by atoms with Gasteiger partial charge in [0, 0.05) is 16.5 Å². The Balaban J connectivity index is 1.77. The quantitative estimate of drug-likeness (QED) is 0.785. The van der Waals surface area contributed by atoms with Crippen molar-refractivity contribution in [3.05, 3.63) is 58.5 Å². The molecule has 1 aromatic carbocycles. The van der Waals surface area contributed by atoms with Crippen molar-refractivity contribution in [3.63, 3.8) is 0 Å². The lowest BCUT2D eigenvalue weighted by atomic mass is 10.1. The summed E-state index contributed by atoms with van der Waals surface area (Å²) in [7, 11) is 0. The average Bonchev–Trinajstić information content (AvgIpc) is 3.07. The van der Waals surface area contributed by atoms with Gasteiger partial charge in [0.1, 0.15) is 5.69 Å². The monoisotopic (exact) mass is 298 g/mol. The number of rotatable bonds is 3. The summed E-state index contributed by atoms with van der Waals surface area (Å²) in [6, 6.07) is 13.1. The maximum atomic E-state index is 12.1. The van der Waals surface area contributed by atoms with Crippen LogP contribution in [0.5, 0.6) is 0 Å².